The molecule has 1 aliphatic rings. The number of rotatable bonds is 4. The number of thiocarbonyl (C=S) groups is 1. The summed E-state index contributed by atoms with van der Waals surface area (Å²) in [4.78, 5) is 2.47. The fraction of sp³-hybridized carbons (Fsp3) is 0.533. The third kappa shape index (κ3) is 3.99. The van der Waals surface area contributed by atoms with Crippen LogP contribution in [-0.2, 0) is 0 Å². The van der Waals surface area contributed by atoms with Gasteiger partial charge < -0.3 is 15.9 Å². The van der Waals surface area contributed by atoms with Crippen LogP contribution in [0.15, 0.2) is 24.3 Å². The largest absolute Gasteiger partial charge is 0.389 e. The number of hydrogen-bond donors (Lipinski definition) is 3. The van der Waals surface area contributed by atoms with E-state index in [1.807, 2.05) is 31.2 Å². The molecule has 5 heteroatoms. The van der Waals surface area contributed by atoms with Crippen LogP contribution in [0.2, 0.25) is 0 Å². The Labute approximate surface area is 125 Å². The Morgan fingerprint density at radius 2 is 2.10 bits per heavy atom. The van der Waals surface area contributed by atoms with E-state index in [0.29, 0.717) is 18.1 Å². The minimum absolute atomic E-state index is 0.359. The summed E-state index contributed by atoms with van der Waals surface area (Å²) in [6, 6.07) is 7.35. The van der Waals surface area contributed by atoms with Crippen molar-refractivity contribution in [2.75, 3.05) is 19.6 Å². The Balaban J connectivity index is 1.97. The van der Waals surface area contributed by atoms with Crippen LogP contribution in [0.25, 0.3) is 0 Å². The van der Waals surface area contributed by atoms with Gasteiger partial charge in [0.05, 0.1) is 11.7 Å². The van der Waals surface area contributed by atoms with Crippen LogP contribution in [0, 0.1) is 0 Å². The maximum Gasteiger partial charge on any atom is 0.103 e. The van der Waals surface area contributed by atoms with Gasteiger partial charge in [0.1, 0.15) is 4.99 Å². The normalized spacial score (nSPS) is 25.4. The van der Waals surface area contributed by atoms with Crippen LogP contribution in [0.3, 0.4) is 0 Å². The van der Waals surface area contributed by atoms with Crippen molar-refractivity contribution in [2.45, 2.75) is 31.5 Å². The van der Waals surface area contributed by atoms with Gasteiger partial charge in [0, 0.05) is 18.7 Å². The molecule has 1 aromatic rings. The summed E-state index contributed by atoms with van der Waals surface area (Å²) in [5, 5.41) is 20.4. The van der Waals surface area contributed by atoms with Crippen LogP contribution < -0.4 is 5.73 Å². The fourth-order valence-corrected chi connectivity index (χ4v) is 2.83. The van der Waals surface area contributed by atoms with Crippen LogP contribution in [0.1, 0.15) is 37.0 Å². The first-order chi connectivity index (χ1) is 9.37. The molecule has 1 saturated heterocycles. The van der Waals surface area contributed by atoms with Gasteiger partial charge in [0.25, 0.3) is 0 Å². The summed E-state index contributed by atoms with van der Waals surface area (Å²) < 4.78 is 0. The molecule has 0 aromatic heterocycles. The number of piperidine rings is 1. The molecule has 20 heavy (non-hydrogen) atoms. The van der Waals surface area contributed by atoms with E-state index in [9.17, 15) is 10.2 Å². The van der Waals surface area contributed by atoms with Gasteiger partial charge >= 0.3 is 0 Å². The molecule has 4 N–H and O–H groups in total. The maximum absolute atomic E-state index is 10.3. The molecule has 0 spiro atoms. The fourth-order valence-electron chi connectivity index (χ4n) is 2.70. The predicted molar refractivity (Wildman–Crippen MR) is 83.6 cm³/mol. The summed E-state index contributed by atoms with van der Waals surface area (Å²) in [6.45, 7) is 3.90. The molecule has 0 saturated carbocycles. The highest BCUT2D eigenvalue weighted by Gasteiger charge is 2.29. The quantitative estimate of drug-likeness (QED) is 0.728. The van der Waals surface area contributed by atoms with Crippen molar-refractivity contribution in [1.29, 1.82) is 0 Å². The van der Waals surface area contributed by atoms with Crippen LogP contribution >= 0.6 is 12.2 Å². The number of nitrogens with zero attached hydrogens (tertiary/aromatic N) is 1. The number of likely N-dealkylation sites (tertiary alicyclic amines) is 1. The van der Waals surface area contributed by atoms with Crippen LogP contribution in [0.4, 0.5) is 0 Å². The van der Waals surface area contributed by atoms with E-state index in [1.165, 1.54) is 0 Å². The topological polar surface area (TPSA) is 69.7 Å². The summed E-state index contributed by atoms with van der Waals surface area (Å²) in [5.74, 6) is 0. The highest BCUT2D eigenvalue weighted by atomic mass is 32.1. The number of nitrogens with two attached hydrogens (primary N) is 1. The third-order valence-corrected chi connectivity index (χ3v) is 4.00. The summed E-state index contributed by atoms with van der Waals surface area (Å²) >= 11 is 4.91. The average molecular weight is 294 g/mol. The average Bonchev–Trinajstić information content (AvgIpc) is 2.37. The van der Waals surface area contributed by atoms with Crippen molar-refractivity contribution in [3.8, 4) is 0 Å². The van der Waals surface area contributed by atoms with Gasteiger partial charge in [-0.3, -0.25) is 4.90 Å². The molecule has 1 fully saturated rings. The second kappa shape index (κ2) is 6.18. The van der Waals surface area contributed by atoms with Gasteiger partial charge in [0.2, 0.25) is 0 Å². The second-order valence-electron chi connectivity index (χ2n) is 5.84. The lowest BCUT2D eigenvalue weighted by molar-refractivity contribution is -0.0281. The Morgan fingerprint density at radius 3 is 2.65 bits per heavy atom. The highest BCUT2D eigenvalue weighted by Crippen LogP contribution is 2.23. The molecular weight excluding hydrogens is 272 g/mol. The number of aliphatic hydroxyl groups is 2. The summed E-state index contributed by atoms with van der Waals surface area (Å²) in [6.07, 6.45) is 1.21. The Morgan fingerprint density at radius 1 is 1.45 bits per heavy atom. The van der Waals surface area contributed by atoms with Crippen molar-refractivity contribution in [2.24, 2.45) is 5.73 Å². The number of benzene rings is 1. The van der Waals surface area contributed by atoms with Crippen molar-refractivity contribution in [3.63, 3.8) is 0 Å². The number of hydrogen-bond acceptors (Lipinski definition) is 4. The van der Waals surface area contributed by atoms with E-state index in [2.05, 4.69) is 4.90 Å². The first kappa shape index (κ1) is 15.4. The summed E-state index contributed by atoms with van der Waals surface area (Å²) in [7, 11) is 0. The van der Waals surface area contributed by atoms with Crippen LogP contribution in [0.5, 0.6) is 0 Å². The Hall–Kier alpha value is -1.01. The van der Waals surface area contributed by atoms with E-state index in [0.717, 1.165) is 30.5 Å². The molecule has 4 nitrogen and oxygen atoms in total. The van der Waals surface area contributed by atoms with Gasteiger partial charge in [-0.15, -0.1) is 0 Å². The zero-order valence-corrected chi connectivity index (χ0v) is 12.6. The van der Waals surface area contributed by atoms with E-state index in [4.69, 9.17) is 18.0 Å². The van der Waals surface area contributed by atoms with Gasteiger partial charge in [-0.25, -0.2) is 0 Å². The monoisotopic (exact) mass is 294 g/mol. The first-order valence-electron chi connectivity index (χ1n) is 6.90. The standard InChI is InChI=1S/C15H22N2O2S/c1-15(19)7-2-8-17(10-15)9-13(18)11-3-5-12(6-4-11)14(16)20/h3-6,13,18-19H,2,7-10H2,1H3,(H2,16,20). The van der Waals surface area contributed by atoms with Gasteiger partial charge in [0.15, 0.2) is 0 Å². The van der Waals surface area contributed by atoms with E-state index in [-0.39, 0.29) is 0 Å². The van der Waals surface area contributed by atoms with E-state index >= 15 is 0 Å². The van der Waals surface area contributed by atoms with Crippen molar-refractivity contribution in [3.05, 3.63) is 35.4 Å². The van der Waals surface area contributed by atoms with Crippen LogP contribution in [-0.4, -0.2) is 45.3 Å². The van der Waals surface area contributed by atoms with Gasteiger partial charge in [-0.05, 0) is 31.9 Å². The zero-order valence-electron chi connectivity index (χ0n) is 11.7. The minimum atomic E-state index is -0.645. The van der Waals surface area contributed by atoms with Gasteiger partial charge in [-0.2, -0.15) is 0 Å². The molecule has 1 aliphatic heterocycles. The van der Waals surface area contributed by atoms with E-state index < -0.39 is 11.7 Å². The number of β-amino-alcohol motifs (C(OH)–C–C–N with tert-alkyl or cyclic N) is 2. The second-order valence-corrected chi connectivity index (χ2v) is 6.28. The Bertz CT molecular complexity index is 473. The van der Waals surface area contributed by atoms with Crippen molar-refractivity contribution < 1.29 is 10.2 Å². The molecule has 0 amide bonds. The molecule has 0 bridgehead atoms. The molecule has 1 heterocycles. The van der Waals surface area contributed by atoms with E-state index in [1.54, 1.807) is 0 Å². The minimum Gasteiger partial charge on any atom is -0.389 e. The lowest BCUT2D eigenvalue weighted by atomic mass is 9.94. The highest BCUT2D eigenvalue weighted by molar-refractivity contribution is 7.80. The summed E-state index contributed by atoms with van der Waals surface area (Å²) in [5.41, 5.74) is 6.55. The Kier molecular flexibility index (Phi) is 4.75. The molecule has 2 rings (SSSR count). The molecule has 110 valence electrons. The predicted octanol–water partition coefficient (Wildman–Crippen LogP) is 1.20. The molecule has 0 radical (unpaired) electrons. The third-order valence-electron chi connectivity index (χ3n) is 3.77. The number of aliphatic hydroxyl groups excluding tert-OH is 1. The SMILES string of the molecule is CC1(O)CCCN(CC(O)c2ccc(C(N)=S)cc2)C1. The lowest BCUT2D eigenvalue weighted by Gasteiger charge is -2.37. The van der Waals surface area contributed by atoms with Crippen molar-refractivity contribution >= 4 is 17.2 Å². The lowest BCUT2D eigenvalue weighted by Crippen LogP contribution is -2.47. The van der Waals surface area contributed by atoms with Gasteiger partial charge in [-0.1, -0.05) is 36.5 Å². The first-order valence-corrected chi connectivity index (χ1v) is 7.31. The van der Waals surface area contributed by atoms with Crippen molar-refractivity contribution in [1.82, 2.24) is 4.90 Å². The zero-order chi connectivity index (χ0) is 14.8. The molecular formula is C15H22N2O2S. The smallest absolute Gasteiger partial charge is 0.103 e. The molecule has 1 aromatic carbocycles. The molecule has 0 aliphatic carbocycles. The molecule has 2 atom stereocenters. The molecule has 2 unspecified atom stereocenters. The maximum atomic E-state index is 10.3.